The van der Waals surface area contributed by atoms with E-state index in [1.165, 1.54) is 6.33 Å². The van der Waals surface area contributed by atoms with Crippen molar-refractivity contribution < 1.29 is 9.84 Å². The molecule has 18 heavy (non-hydrogen) atoms. The summed E-state index contributed by atoms with van der Waals surface area (Å²) in [6.45, 7) is 0.131. The van der Waals surface area contributed by atoms with Crippen molar-refractivity contribution in [3.05, 3.63) is 12.7 Å². The molecule has 0 spiro atoms. The molecule has 94 valence electrons. The number of thioether (sulfide) groups is 1. The zero-order chi connectivity index (χ0) is 12.3. The lowest BCUT2D eigenvalue weighted by Gasteiger charge is -2.15. The minimum atomic E-state index is 0.103. The molecule has 0 aromatic carbocycles. The van der Waals surface area contributed by atoms with Gasteiger partial charge >= 0.3 is 0 Å². The summed E-state index contributed by atoms with van der Waals surface area (Å²) in [6.07, 6.45) is 3.44. The van der Waals surface area contributed by atoms with E-state index in [-0.39, 0.29) is 29.4 Å². The summed E-state index contributed by atoms with van der Waals surface area (Å²) in [5, 5.41) is 9.50. The fourth-order valence-electron chi connectivity index (χ4n) is 2.43. The van der Waals surface area contributed by atoms with Gasteiger partial charge in [0.1, 0.15) is 29.4 Å². The van der Waals surface area contributed by atoms with E-state index in [1.807, 2.05) is 4.57 Å². The molecule has 2 saturated heterocycles. The predicted octanol–water partition coefficient (Wildman–Crippen LogP) is -0.218. The van der Waals surface area contributed by atoms with Crippen molar-refractivity contribution in [3.8, 4) is 0 Å². The van der Waals surface area contributed by atoms with Crippen LogP contribution in [0.3, 0.4) is 0 Å². The fourth-order valence-corrected chi connectivity index (χ4v) is 3.90. The first kappa shape index (κ1) is 10.5. The number of rotatable bonds is 2. The highest BCUT2D eigenvalue weighted by Crippen LogP contribution is 2.54. The second-order valence-electron chi connectivity index (χ2n) is 4.40. The predicted molar refractivity (Wildman–Crippen MR) is 65.9 cm³/mol. The van der Waals surface area contributed by atoms with E-state index in [0.717, 1.165) is 0 Å². The van der Waals surface area contributed by atoms with Crippen molar-refractivity contribution in [2.45, 2.75) is 22.8 Å². The van der Waals surface area contributed by atoms with E-state index in [0.29, 0.717) is 17.0 Å². The second kappa shape index (κ2) is 3.56. The number of nitrogens with two attached hydrogens (primary N) is 1. The highest BCUT2D eigenvalue weighted by molar-refractivity contribution is 8.00. The number of aromatic nitrogens is 4. The molecule has 2 aromatic heterocycles. The molecule has 2 fully saturated rings. The largest absolute Gasteiger partial charge is 0.395 e. The van der Waals surface area contributed by atoms with E-state index < -0.39 is 0 Å². The van der Waals surface area contributed by atoms with Crippen LogP contribution in [0.1, 0.15) is 5.37 Å². The maximum Gasteiger partial charge on any atom is 0.166 e. The van der Waals surface area contributed by atoms with Gasteiger partial charge in [-0.3, -0.25) is 4.57 Å². The van der Waals surface area contributed by atoms with Crippen molar-refractivity contribution in [2.75, 3.05) is 12.3 Å². The van der Waals surface area contributed by atoms with Gasteiger partial charge in [-0.2, -0.15) is 0 Å². The highest BCUT2D eigenvalue weighted by Gasteiger charge is 2.58. The van der Waals surface area contributed by atoms with Gasteiger partial charge in [0.15, 0.2) is 11.5 Å². The van der Waals surface area contributed by atoms with Crippen LogP contribution < -0.4 is 5.73 Å². The van der Waals surface area contributed by atoms with E-state index in [2.05, 4.69) is 15.0 Å². The monoisotopic (exact) mass is 265 g/mol. The van der Waals surface area contributed by atoms with Crippen LogP contribution in [0.15, 0.2) is 12.7 Å². The normalized spacial score (nSPS) is 33.8. The third-order valence-corrected chi connectivity index (χ3v) is 4.91. The molecule has 2 aliphatic rings. The molecule has 0 unspecified atom stereocenters. The zero-order valence-electron chi connectivity index (χ0n) is 9.30. The summed E-state index contributed by atoms with van der Waals surface area (Å²) >= 11 is 1.69. The molecule has 0 aliphatic carbocycles. The lowest BCUT2D eigenvalue weighted by Crippen LogP contribution is -2.13. The van der Waals surface area contributed by atoms with Crippen LogP contribution in [0.5, 0.6) is 0 Å². The summed E-state index contributed by atoms with van der Waals surface area (Å²) in [4.78, 5) is 12.4. The first-order valence-electron chi connectivity index (χ1n) is 5.64. The first-order chi connectivity index (χ1) is 8.79. The Morgan fingerprint density at radius 3 is 3.06 bits per heavy atom. The maximum absolute atomic E-state index is 9.26. The lowest BCUT2D eigenvalue weighted by molar-refractivity contribution is 0.262. The first-order valence-corrected chi connectivity index (χ1v) is 6.58. The third-order valence-electron chi connectivity index (χ3n) is 3.36. The maximum atomic E-state index is 9.26. The Bertz CT molecular complexity index is 617. The third kappa shape index (κ3) is 1.30. The van der Waals surface area contributed by atoms with Crippen molar-refractivity contribution in [1.29, 1.82) is 0 Å². The van der Waals surface area contributed by atoms with Crippen LogP contribution in [-0.2, 0) is 4.74 Å². The number of hydrogen-bond acceptors (Lipinski definition) is 7. The quantitative estimate of drug-likeness (QED) is 0.724. The molecule has 8 heteroatoms. The number of epoxide rings is 1. The molecule has 4 rings (SSSR count). The number of aliphatic hydroxyl groups excluding tert-OH is 1. The molecule has 4 atom stereocenters. The van der Waals surface area contributed by atoms with Crippen molar-refractivity contribution >= 4 is 28.7 Å². The van der Waals surface area contributed by atoms with Gasteiger partial charge in [-0.05, 0) is 0 Å². The van der Waals surface area contributed by atoms with E-state index in [1.54, 1.807) is 18.1 Å². The highest BCUT2D eigenvalue weighted by atomic mass is 32.2. The molecule has 2 aromatic rings. The summed E-state index contributed by atoms with van der Waals surface area (Å²) in [5.74, 6) is 0.383. The van der Waals surface area contributed by atoms with Crippen LogP contribution in [0.25, 0.3) is 11.2 Å². The Balaban J connectivity index is 1.78. The van der Waals surface area contributed by atoms with Gasteiger partial charge in [-0.1, -0.05) is 0 Å². The zero-order valence-corrected chi connectivity index (χ0v) is 10.1. The minimum absolute atomic E-state index is 0.103. The average molecular weight is 265 g/mol. The Labute approximate surface area is 106 Å². The lowest BCUT2D eigenvalue weighted by atomic mass is 10.2. The number of imidazole rings is 1. The summed E-state index contributed by atoms with van der Waals surface area (Å²) in [6, 6.07) is 0. The molecule has 0 bridgehead atoms. The molecular weight excluding hydrogens is 254 g/mol. The number of anilines is 1. The molecular formula is C10H11N5O2S. The summed E-state index contributed by atoms with van der Waals surface area (Å²) in [5.41, 5.74) is 7.09. The van der Waals surface area contributed by atoms with E-state index >= 15 is 0 Å². The summed E-state index contributed by atoms with van der Waals surface area (Å²) in [7, 11) is 0. The molecule has 2 aliphatic heterocycles. The second-order valence-corrected chi connectivity index (χ2v) is 5.76. The molecule has 4 heterocycles. The van der Waals surface area contributed by atoms with Gasteiger partial charge in [-0.15, -0.1) is 11.8 Å². The Morgan fingerprint density at radius 1 is 1.39 bits per heavy atom. The van der Waals surface area contributed by atoms with Crippen LogP contribution >= 0.6 is 11.8 Å². The molecule has 7 nitrogen and oxygen atoms in total. The molecule has 0 amide bonds. The Morgan fingerprint density at radius 2 is 2.28 bits per heavy atom. The summed E-state index contributed by atoms with van der Waals surface area (Å²) < 4.78 is 7.52. The fraction of sp³-hybridized carbons (Fsp3) is 0.500. The van der Waals surface area contributed by atoms with Crippen molar-refractivity contribution in [2.24, 2.45) is 0 Å². The van der Waals surface area contributed by atoms with Gasteiger partial charge in [0.2, 0.25) is 0 Å². The minimum Gasteiger partial charge on any atom is -0.395 e. The number of ether oxygens (including phenoxy) is 1. The SMILES string of the molecule is Nc1ncnc2c1ncn2[C@@H]1S[C@@H](CO)[C@@H]2O[C@H]21. The van der Waals surface area contributed by atoms with Crippen molar-refractivity contribution in [1.82, 2.24) is 19.5 Å². The number of fused-ring (bicyclic) bond motifs is 2. The van der Waals surface area contributed by atoms with Gasteiger partial charge in [0.05, 0.1) is 18.2 Å². The van der Waals surface area contributed by atoms with Crippen LogP contribution in [0.2, 0.25) is 0 Å². The standard InChI is InChI=1S/C10H11N5O2S/c11-8-5-9(13-2-12-8)15(3-14-5)10-7-6(17-7)4(1-16)18-10/h2-4,6-7,10,16H,1H2,(H2,11,12,13)/t4-,6-,7+,10+/m0/s1. The van der Waals surface area contributed by atoms with Gasteiger partial charge in [-0.25, -0.2) is 15.0 Å². The number of nitrogens with zero attached hydrogens (tertiary/aromatic N) is 4. The van der Waals surface area contributed by atoms with E-state index in [9.17, 15) is 5.11 Å². The molecule has 3 N–H and O–H groups in total. The molecule has 0 saturated carbocycles. The molecule has 0 radical (unpaired) electrons. The van der Waals surface area contributed by atoms with Gasteiger partial charge < -0.3 is 15.6 Å². The number of nitrogen functional groups attached to an aromatic ring is 1. The van der Waals surface area contributed by atoms with Crippen LogP contribution in [0, 0.1) is 0 Å². The van der Waals surface area contributed by atoms with E-state index in [4.69, 9.17) is 10.5 Å². The topological polar surface area (TPSA) is 102 Å². The number of hydrogen-bond donors (Lipinski definition) is 2. The van der Waals surface area contributed by atoms with Crippen molar-refractivity contribution in [3.63, 3.8) is 0 Å². The Hall–Kier alpha value is -1.38. The average Bonchev–Trinajstić information content (AvgIpc) is 2.91. The van der Waals surface area contributed by atoms with Gasteiger partial charge in [0.25, 0.3) is 0 Å². The van der Waals surface area contributed by atoms with Gasteiger partial charge in [0, 0.05) is 0 Å². The smallest absolute Gasteiger partial charge is 0.166 e. The number of aliphatic hydroxyl groups is 1. The Kier molecular flexibility index (Phi) is 2.08. The van der Waals surface area contributed by atoms with Crippen LogP contribution in [-0.4, -0.2) is 48.7 Å². The van der Waals surface area contributed by atoms with Crippen LogP contribution in [0.4, 0.5) is 5.82 Å².